The average molecular weight is 568 g/mol. The summed E-state index contributed by atoms with van der Waals surface area (Å²) in [6, 6.07) is 5.03. The van der Waals surface area contributed by atoms with Crippen molar-refractivity contribution in [3.8, 4) is 0 Å². The Morgan fingerprint density at radius 1 is 1.36 bits per heavy atom. The third-order valence-corrected chi connectivity index (χ3v) is 9.68. The van der Waals surface area contributed by atoms with E-state index in [1.54, 1.807) is 0 Å². The Kier molecular flexibility index (Phi) is 8.27. The first-order valence-corrected chi connectivity index (χ1v) is 15.9. The van der Waals surface area contributed by atoms with Crippen molar-refractivity contribution in [1.82, 2.24) is 5.32 Å². The van der Waals surface area contributed by atoms with Crippen molar-refractivity contribution in [2.75, 3.05) is 33.2 Å². The largest absolute Gasteiger partial charge is 0.416 e. The van der Waals surface area contributed by atoms with Crippen LogP contribution in [-0.2, 0) is 15.0 Å². The molecule has 1 aromatic rings. The Morgan fingerprint density at radius 2 is 2.09 bits per heavy atom. The van der Waals surface area contributed by atoms with Gasteiger partial charge in [-0.15, -0.1) is 0 Å². The maximum Gasteiger partial charge on any atom is 0.416 e. The average Bonchev–Trinajstić information content (AvgIpc) is 3.42. The molecule has 184 valence electrons. The number of hydrogen-bond donors (Lipinski definition) is 3. The monoisotopic (exact) mass is 566 g/mol. The van der Waals surface area contributed by atoms with Crippen LogP contribution >= 0.6 is 27.7 Å². The number of rotatable bonds is 9. The van der Waals surface area contributed by atoms with Gasteiger partial charge >= 0.3 is 6.09 Å². The van der Waals surface area contributed by atoms with Crippen LogP contribution in [0.15, 0.2) is 27.7 Å². The molecule has 2 aliphatic rings. The second-order valence-corrected chi connectivity index (χ2v) is 17.3. The van der Waals surface area contributed by atoms with Crippen molar-refractivity contribution in [2.45, 2.75) is 36.0 Å². The topological polar surface area (TPSA) is 100 Å². The fraction of sp³-hybridized carbons (Fsp3) is 0.619. The molecule has 4 atom stereocenters. The maximum atomic E-state index is 14.8. The van der Waals surface area contributed by atoms with Gasteiger partial charge in [-0.2, -0.15) is 0 Å². The van der Waals surface area contributed by atoms with Crippen molar-refractivity contribution in [3.63, 3.8) is 0 Å². The van der Waals surface area contributed by atoms with Gasteiger partial charge in [-0.25, -0.2) is 18.6 Å². The van der Waals surface area contributed by atoms with Crippen LogP contribution in [0.1, 0.15) is 5.56 Å². The predicted octanol–water partition coefficient (Wildman–Crippen LogP) is 3.86. The van der Waals surface area contributed by atoms with Gasteiger partial charge in [0.15, 0.2) is 0 Å². The number of carbonyl (C=O) groups excluding carboxylic acids is 1. The number of hydrogen-bond acceptors (Lipinski definition) is 7. The molecule has 3 rings (SSSR count). The van der Waals surface area contributed by atoms with Crippen molar-refractivity contribution >= 4 is 47.1 Å². The first-order valence-electron chi connectivity index (χ1n) is 10.6. The van der Waals surface area contributed by atoms with Crippen LogP contribution in [0.4, 0.5) is 13.6 Å². The van der Waals surface area contributed by atoms with E-state index < -0.39 is 55.4 Å². The number of halogens is 3. The Morgan fingerprint density at radius 3 is 2.70 bits per heavy atom. The number of aliphatic hydroxyl groups is 2. The molecule has 1 amide bonds. The van der Waals surface area contributed by atoms with Crippen LogP contribution in [0.5, 0.6) is 0 Å². The molecular weight excluding hydrogens is 538 g/mol. The number of nitrogens with zero attached hydrogens (tertiary/aromatic N) is 1. The van der Waals surface area contributed by atoms with E-state index in [-0.39, 0.29) is 24.1 Å². The summed E-state index contributed by atoms with van der Waals surface area (Å²) >= 11 is 4.23. The van der Waals surface area contributed by atoms with E-state index in [1.165, 1.54) is 18.2 Å². The van der Waals surface area contributed by atoms with Gasteiger partial charge < -0.3 is 19.7 Å². The van der Waals surface area contributed by atoms with Gasteiger partial charge in [-0.3, -0.25) is 5.32 Å². The van der Waals surface area contributed by atoms with Crippen molar-refractivity contribution in [3.05, 3.63) is 34.1 Å². The lowest BCUT2D eigenvalue weighted by Crippen LogP contribution is -2.41. The van der Waals surface area contributed by atoms with E-state index in [4.69, 9.17) is 9.47 Å². The smallest absolute Gasteiger partial charge is 0.396 e. The maximum absolute atomic E-state index is 14.8. The molecule has 12 heteroatoms. The number of alkyl halides is 1. The number of thioether (sulfide) groups is 1. The van der Waals surface area contributed by atoms with Crippen LogP contribution in [-0.4, -0.2) is 67.6 Å². The zero-order valence-corrected chi connectivity index (χ0v) is 22.1. The molecule has 3 N–H and O–H groups in total. The Labute approximate surface area is 205 Å². The summed E-state index contributed by atoms with van der Waals surface area (Å²) in [5, 5.41) is 22.3. The summed E-state index contributed by atoms with van der Waals surface area (Å²) in [6.07, 6.45) is -0.857. The molecule has 1 saturated carbocycles. The number of benzene rings is 1. The first kappa shape index (κ1) is 26.5. The Bertz CT molecular complexity index is 921. The van der Waals surface area contributed by atoms with Gasteiger partial charge in [0, 0.05) is 43.2 Å². The third kappa shape index (κ3) is 5.45. The number of nitrogens with one attached hydrogen (secondary N) is 1. The van der Waals surface area contributed by atoms with Gasteiger partial charge in [0.2, 0.25) is 0 Å². The minimum atomic E-state index is -1.75. The van der Waals surface area contributed by atoms with Crippen LogP contribution in [0, 0.1) is 17.7 Å². The Balaban J connectivity index is 1.81. The van der Waals surface area contributed by atoms with Crippen LogP contribution < -0.4 is 5.32 Å². The van der Waals surface area contributed by atoms with Gasteiger partial charge in [0.05, 0.1) is 11.4 Å². The van der Waals surface area contributed by atoms with Crippen LogP contribution in [0.3, 0.4) is 0 Å². The molecule has 1 aliphatic heterocycles. The van der Waals surface area contributed by atoms with Crippen LogP contribution in [0.2, 0.25) is 25.7 Å². The highest BCUT2D eigenvalue weighted by Crippen LogP contribution is 2.70. The van der Waals surface area contributed by atoms with E-state index in [0.29, 0.717) is 11.1 Å². The van der Waals surface area contributed by atoms with Crippen molar-refractivity contribution < 1.29 is 33.3 Å². The summed E-state index contributed by atoms with van der Waals surface area (Å²) < 4.78 is 39.7. The second kappa shape index (κ2) is 10.3. The molecule has 1 aromatic carbocycles. The van der Waals surface area contributed by atoms with Crippen LogP contribution in [0.25, 0.3) is 0 Å². The molecule has 0 radical (unpaired) electrons. The highest BCUT2D eigenvalue weighted by atomic mass is 79.9. The summed E-state index contributed by atoms with van der Waals surface area (Å²) in [4.78, 5) is 16.6. The number of carbonyl (C=O) groups is 1. The zero-order valence-electron chi connectivity index (χ0n) is 18.7. The minimum Gasteiger partial charge on any atom is -0.396 e. The van der Waals surface area contributed by atoms with E-state index >= 15 is 0 Å². The molecule has 0 aromatic heterocycles. The highest BCUT2D eigenvalue weighted by Gasteiger charge is 2.76. The van der Waals surface area contributed by atoms with E-state index in [9.17, 15) is 23.8 Å². The van der Waals surface area contributed by atoms with Gasteiger partial charge in [0.1, 0.15) is 24.8 Å². The predicted molar refractivity (Wildman–Crippen MR) is 129 cm³/mol. The second-order valence-electron chi connectivity index (χ2n) is 9.47. The lowest BCUT2D eigenvalue weighted by Gasteiger charge is -2.34. The van der Waals surface area contributed by atoms with Gasteiger partial charge in [0.25, 0.3) is 5.23 Å². The fourth-order valence-electron chi connectivity index (χ4n) is 4.26. The molecule has 1 aliphatic carbocycles. The number of aliphatic imine (C=N–C) groups is 1. The van der Waals surface area contributed by atoms with E-state index in [1.807, 2.05) is 0 Å². The molecule has 0 saturated heterocycles. The lowest BCUT2D eigenvalue weighted by molar-refractivity contribution is 0.120. The number of amides is 1. The molecule has 1 heterocycles. The molecular formula is C21H29BrF2N2O5SSi. The standard InChI is InChI=1S/C21H29BrF2N2O5SSi/c1-33(2,3)7-6-30-12-25-18(29)31-19-26-20(10-23,14-8-13(22)4-5-16(14)24)17-15(9-27)21(17,11-28)32-19/h4-5,8,15,17,27-28H,6-7,9-12H2,1-3H3,(H,25,29)/t15?,17-,20+,21-/m0/s1. The quantitative estimate of drug-likeness (QED) is 0.238. The molecule has 33 heavy (non-hydrogen) atoms. The first-order chi connectivity index (χ1) is 15.5. The SMILES string of the molecule is C[Si](C)(C)CCOCNC(=O)OC1=N[C@](CF)(c2cc(Br)ccc2F)[C@@H]2C(CO)[C@]2(CO)S1. The lowest BCUT2D eigenvalue weighted by atomic mass is 9.84. The normalized spacial score (nSPS) is 28.7. The zero-order chi connectivity index (χ0) is 24.4. The number of fused-ring (bicyclic) bond motifs is 1. The van der Waals surface area contributed by atoms with Gasteiger partial charge in [-0.1, -0.05) is 47.3 Å². The van der Waals surface area contributed by atoms with Crippen molar-refractivity contribution in [1.29, 1.82) is 0 Å². The number of alkyl carbamates (subject to hydrolysis) is 1. The number of aliphatic hydroxyl groups excluding tert-OH is 2. The Hall–Kier alpha value is -1.05. The summed E-state index contributed by atoms with van der Waals surface area (Å²) in [5.41, 5.74) is -1.78. The number of ether oxygens (including phenoxy) is 2. The summed E-state index contributed by atoms with van der Waals surface area (Å²) in [5.74, 6) is -1.92. The summed E-state index contributed by atoms with van der Waals surface area (Å²) in [6.45, 7) is 5.20. The third-order valence-electron chi connectivity index (χ3n) is 6.07. The fourth-order valence-corrected chi connectivity index (χ4v) is 6.87. The molecule has 0 spiro atoms. The molecule has 1 unspecified atom stereocenters. The van der Waals surface area contributed by atoms with E-state index in [0.717, 1.165) is 17.8 Å². The summed E-state index contributed by atoms with van der Waals surface area (Å²) in [7, 11) is -1.26. The van der Waals surface area contributed by atoms with E-state index in [2.05, 4.69) is 45.9 Å². The van der Waals surface area contributed by atoms with Crippen molar-refractivity contribution in [2.24, 2.45) is 16.8 Å². The van der Waals surface area contributed by atoms with Gasteiger partial charge in [-0.05, 0) is 24.2 Å². The molecule has 1 fully saturated rings. The highest BCUT2D eigenvalue weighted by molar-refractivity contribution is 9.10. The molecule has 7 nitrogen and oxygen atoms in total. The molecule has 0 bridgehead atoms. The minimum absolute atomic E-state index is 0.0327.